The number of nitrogens with zero attached hydrogens (tertiary/aromatic N) is 2. The lowest BCUT2D eigenvalue weighted by molar-refractivity contribution is -0.136. The quantitative estimate of drug-likeness (QED) is 0.744. The second kappa shape index (κ2) is 9.60. The molecule has 5 heteroatoms. The fourth-order valence-electron chi connectivity index (χ4n) is 3.95. The lowest BCUT2D eigenvalue weighted by atomic mass is 9.96. The molecule has 0 aromatic rings. The van der Waals surface area contributed by atoms with E-state index in [-0.39, 0.29) is 18.6 Å². The minimum atomic E-state index is -0.0716. The molecule has 2 heterocycles. The third kappa shape index (κ3) is 5.44. The number of aliphatic hydroxyl groups excluding tert-OH is 1. The first-order valence-electron chi connectivity index (χ1n) is 9.52. The number of carbonyl (C=O) groups is 1. The number of hydrogen-bond donors (Lipinski definition) is 2. The van der Waals surface area contributed by atoms with E-state index in [4.69, 9.17) is 5.11 Å². The van der Waals surface area contributed by atoms with E-state index in [1.807, 2.05) is 6.92 Å². The van der Waals surface area contributed by atoms with E-state index in [0.29, 0.717) is 12.0 Å². The van der Waals surface area contributed by atoms with Gasteiger partial charge in [-0.1, -0.05) is 6.92 Å². The van der Waals surface area contributed by atoms with Gasteiger partial charge >= 0.3 is 0 Å². The second-order valence-corrected chi connectivity index (χ2v) is 7.23. The molecule has 0 aliphatic carbocycles. The molecule has 2 N–H and O–H groups in total. The summed E-state index contributed by atoms with van der Waals surface area (Å²) in [6, 6.07) is 0.375. The van der Waals surface area contributed by atoms with E-state index in [9.17, 15) is 4.79 Å². The van der Waals surface area contributed by atoms with Crippen molar-refractivity contribution in [2.24, 2.45) is 5.92 Å². The summed E-state index contributed by atoms with van der Waals surface area (Å²) in [4.78, 5) is 17.1. The monoisotopic (exact) mass is 325 g/mol. The molecule has 2 saturated heterocycles. The highest BCUT2D eigenvalue weighted by atomic mass is 16.3. The molecule has 0 saturated carbocycles. The molecule has 1 amide bonds. The van der Waals surface area contributed by atoms with Crippen molar-refractivity contribution in [1.82, 2.24) is 15.1 Å². The maximum absolute atomic E-state index is 12.7. The van der Waals surface area contributed by atoms with E-state index in [0.717, 1.165) is 64.8 Å². The number of amides is 1. The highest BCUT2D eigenvalue weighted by Crippen LogP contribution is 2.21. The number of aliphatic hydroxyl groups is 1. The van der Waals surface area contributed by atoms with Crippen LogP contribution in [0.2, 0.25) is 0 Å². The predicted molar refractivity (Wildman–Crippen MR) is 93.4 cm³/mol. The minimum absolute atomic E-state index is 0.0716. The van der Waals surface area contributed by atoms with E-state index in [2.05, 4.69) is 22.0 Å². The third-order valence-corrected chi connectivity index (χ3v) is 5.59. The van der Waals surface area contributed by atoms with E-state index in [1.165, 1.54) is 6.42 Å². The Hall–Kier alpha value is -0.650. The normalized spacial score (nSPS) is 25.5. The van der Waals surface area contributed by atoms with Gasteiger partial charge in [-0.2, -0.15) is 0 Å². The third-order valence-electron chi connectivity index (χ3n) is 5.59. The fourth-order valence-corrected chi connectivity index (χ4v) is 3.95. The average molecular weight is 325 g/mol. The van der Waals surface area contributed by atoms with Crippen LogP contribution in [0.5, 0.6) is 0 Å². The highest BCUT2D eigenvalue weighted by Gasteiger charge is 2.29. The first kappa shape index (κ1) is 18.7. The molecule has 0 bridgehead atoms. The Morgan fingerprint density at radius 3 is 2.61 bits per heavy atom. The molecule has 23 heavy (non-hydrogen) atoms. The van der Waals surface area contributed by atoms with Crippen molar-refractivity contribution in [3.63, 3.8) is 0 Å². The molecule has 2 aliphatic rings. The van der Waals surface area contributed by atoms with Crippen LogP contribution in [0.3, 0.4) is 0 Å². The zero-order valence-corrected chi connectivity index (χ0v) is 15.0. The summed E-state index contributed by atoms with van der Waals surface area (Å²) < 4.78 is 0. The lowest BCUT2D eigenvalue weighted by Crippen LogP contribution is -2.52. The molecule has 2 rings (SSSR count). The summed E-state index contributed by atoms with van der Waals surface area (Å²) in [5.41, 5.74) is 0. The van der Waals surface area contributed by atoms with Crippen molar-refractivity contribution in [2.75, 3.05) is 39.3 Å². The molecule has 0 spiro atoms. The Balaban J connectivity index is 1.72. The lowest BCUT2D eigenvalue weighted by Gasteiger charge is -2.37. The molecule has 0 radical (unpaired) electrons. The zero-order chi connectivity index (χ0) is 16.7. The number of likely N-dealkylation sites (tertiary alicyclic amines) is 2. The topological polar surface area (TPSA) is 55.8 Å². The number of hydrogen-bond acceptors (Lipinski definition) is 4. The van der Waals surface area contributed by atoms with Crippen molar-refractivity contribution in [2.45, 2.75) is 64.5 Å². The number of rotatable bonds is 7. The van der Waals surface area contributed by atoms with E-state index in [1.54, 1.807) is 0 Å². The Morgan fingerprint density at radius 1 is 1.22 bits per heavy atom. The van der Waals surface area contributed by atoms with Crippen LogP contribution in [0.1, 0.15) is 52.4 Å². The minimum Gasteiger partial charge on any atom is -0.395 e. The first-order chi connectivity index (χ1) is 11.2. The van der Waals surface area contributed by atoms with Gasteiger partial charge in [0, 0.05) is 19.1 Å². The Labute approximate surface area is 141 Å². The number of nitrogens with one attached hydrogen (secondary N) is 1. The summed E-state index contributed by atoms with van der Waals surface area (Å²) in [7, 11) is 0. The van der Waals surface area contributed by atoms with Gasteiger partial charge in [0.2, 0.25) is 5.91 Å². The van der Waals surface area contributed by atoms with Crippen molar-refractivity contribution >= 4 is 5.91 Å². The average Bonchev–Trinajstić information content (AvgIpc) is 2.60. The van der Waals surface area contributed by atoms with Gasteiger partial charge in [-0.3, -0.25) is 4.79 Å². The predicted octanol–water partition coefficient (Wildman–Crippen LogP) is 1.46. The highest BCUT2D eigenvalue weighted by molar-refractivity contribution is 5.81. The van der Waals surface area contributed by atoms with Crippen molar-refractivity contribution in [3.05, 3.63) is 0 Å². The van der Waals surface area contributed by atoms with Gasteiger partial charge in [0.15, 0.2) is 0 Å². The Morgan fingerprint density at radius 2 is 1.96 bits per heavy atom. The second-order valence-electron chi connectivity index (χ2n) is 7.23. The van der Waals surface area contributed by atoms with Crippen molar-refractivity contribution in [1.29, 1.82) is 0 Å². The van der Waals surface area contributed by atoms with Crippen LogP contribution in [-0.4, -0.2) is 72.2 Å². The van der Waals surface area contributed by atoms with E-state index < -0.39 is 0 Å². The van der Waals surface area contributed by atoms with Crippen LogP contribution in [0, 0.1) is 5.92 Å². The van der Waals surface area contributed by atoms with Crippen LogP contribution in [0.15, 0.2) is 0 Å². The van der Waals surface area contributed by atoms with Crippen LogP contribution in [-0.2, 0) is 4.79 Å². The van der Waals surface area contributed by atoms with Gasteiger partial charge in [-0.25, -0.2) is 0 Å². The summed E-state index contributed by atoms with van der Waals surface area (Å²) >= 11 is 0. The van der Waals surface area contributed by atoms with Gasteiger partial charge in [0.1, 0.15) is 0 Å². The summed E-state index contributed by atoms with van der Waals surface area (Å²) in [6.45, 7) is 9.26. The van der Waals surface area contributed by atoms with Gasteiger partial charge in [-0.05, 0) is 71.0 Å². The van der Waals surface area contributed by atoms with Gasteiger partial charge < -0.3 is 20.2 Å². The number of piperidine rings is 2. The van der Waals surface area contributed by atoms with Gasteiger partial charge in [-0.15, -0.1) is 0 Å². The van der Waals surface area contributed by atoms with Crippen LogP contribution >= 0.6 is 0 Å². The maximum atomic E-state index is 12.7. The fraction of sp³-hybridized carbons (Fsp3) is 0.944. The maximum Gasteiger partial charge on any atom is 0.239 e. The van der Waals surface area contributed by atoms with Crippen LogP contribution in [0.25, 0.3) is 0 Å². The van der Waals surface area contributed by atoms with Gasteiger partial charge in [0.05, 0.1) is 12.6 Å². The zero-order valence-electron chi connectivity index (χ0n) is 15.0. The molecule has 5 nitrogen and oxygen atoms in total. The first-order valence-corrected chi connectivity index (χ1v) is 9.52. The summed E-state index contributed by atoms with van der Waals surface area (Å²) in [6.07, 6.45) is 6.97. The smallest absolute Gasteiger partial charge is 0.239 e. The molecule has 134 valence electrons. The largest absolute Gasteiger partial charge is 0.395 e. The molecule has 0 aromatic carbocycles. The molecular weight excluding hydrogens is 290 g/mol. The standard InChI is InChI=1S/C18H35N3O2/c1-3-17-6-4-5-9-21(17)18(23)15(2)19-14-16-7-10-20(11-8-16)12-13-22/h15-17,19,22H,3-14H2,1-2H3. The SMILES string of the molecule is CCC1CCCCN1C(=O)C(C)NCC1CCN(CCO)CC1. The number of carbonyl (C=O) groups excluding carboxylic acids is 1. The van der Waals surface area contributed by atoms with Crippen LogP contribution in [0.4, 0.5) is 0 Å². The molecule has 2 unspecified atom stereocenters. The van der Waals surface area contributed by atoms with Crippen molar-refractivity contribution in [3.8, 4) is 0 Å². The summed E-state index contributed by atoms with van der Waals surface area (Å²) in [5, 5.41) is 12.5. The number of β-amino-alcohol motifs (C(OH)–C–C–N with tert-alkyl or cyclic N) is 1. The molecular formula is C18H35N3O2. The Kier molecular flexibility index (Phi) is 7.80. The molecule has 2 atom stereocenters. The van der Waals surface area contributed by atoms with Crippen molar-refractivity contribution < 1.29 is 9.90 Å². The molecule has 0 aromatic heterocycles. The molecule has 2 fully saturated rings. The molecule has 2 aliphatic heterocycles. The Bertz CT molecular complexity index is 356. The van der Waals surface area contributed by atoms with Gasteiger partial charge in [0.25, 0.3) is 0 Å². The summed E-state index contributed by atoms with van der Waals surface area (Å²) in [5.74, 6) is 0.942. The van der Waals surface area contributed by atoms with Crippen LogP contribution < -0.4 is 5.32 Å². The van der Waals surface area contributed by atoms with E-state index >= 15 is 0 Å².